The highest BCUT2D eigenvalue weighted by atomic mass is 16.2. The van der Waals surface area contributed by atoms with Crippen LogP contribution in [0.1, 0.15) is 37.8 Å². The van der Waals surface area contributed by atoms with E-state index in [1.807, 2.05) is 39.0 Å². The maximum absolute atomic E-state index is 13.1. The van der Waals surface area contributed by atoms with Crippen LogP contribution in [0.15, 0.2) is 18.2 Å². The van der Waals surface area contributed by atoms with Gasteiger partial charge in [0.15, 0.2) is 0 Å². The van der Waals surface area contributed by atoms with Crippen LogP contribution >= 0.6 is 0 Å². The maximum Gasteiger partial charge on any atom is 0.250 e. The standard InChI is InChI=1S/C19H23N3O3/c1-4-5-9-22-16(23)13-11(3)21-19(14(13)17(22)24)12-8-6-7-10(2)15(12)20-18(19)25/h6-8,11,13-14,21H,4-5,9H2,1-3H3,(H,20,25)/t11-,13+,14-,19+/m0/s1. The normalized spacial score (nSPS) is 33.2. The van der Waals surface area contributed by atoms with E-state index in [1.54, 1.807) is 0 Å². The fourth-order valence-corrected chi connectivity index (χ4v) is 4.73. The van der Waals surface area contributed by atoms with Crippen LogP contribution in [-0.2, 0) is 19.9 Å². The third-order valence-corrected chi connectivity index (χ3v) is 5.93. The maximum atomic E-state index is 13.1. The molecule has 2 saturated heterocycles. The number of carbonyl (C=O) groups is 3. The second-order valence-corrected chi connectivity index (χ2v) is 7.38. The lowest BCUT2D eigenvalue weighted by atomic mass is 9.76. The number of amides is 3. The van der Waals surface area contributed by atoms with Gasteiger partial charge in [0.05, 0.1) is 11.8 Å². The molecule has 2 N–H and O–H groups in total. The number of hydrogen-bond donors (Lipinski definition) is 2. The first-order valence-corrected chi connectivity index (χ1v) is 8.98. The van der Waals surface area contributed by atoms with E-state index >= 15 is 0 Å². The predicted octanol–water partition coefficient (Wildman–Crippen LogP) is 1.54. The summed E-state index contributed by atoms with van der Waals surface area (Å²) in [4.78, 5) is 40.4. The number of nitrogens with one attached hydrogen (secondary N) is 2. The van der Waals surface area contributed by atoms with Crippen molar-refractivity contribution in [1.82, 2.24) is 10.2 Å². The van der Waals surface area contributed by atoms with Crippen molar-refractivity contribution in [3.8, 4) is 0 Å². The number of unbranched alkanes of at least 4 members (excludes halogenated alkanes) is 1. The number of para-hydroxylation sites is 1. The molecule has 0 aliphatic carbocycles. The van der Waals surface area contributed by atoms with E-state index in [0.717, 1.165) is 29.7 Å². The van der Waals surface area contributed by atoms with Gasteiger partial charge < -0.3 is 5.32 Å². The van der Waals surface area contributed by atoms with Crippen molar-refractivity contribution in [3.63, 3.8) is 0 Å². The van der Waals surface area contributed by atoms with E-state index in [-0.39, 0.29) is 23.8 Å². The summed E-state index contributed by atoms with van der Waals surface area (Å²) in [5.74, 6) is -1.75. The molecule has 1 aromatic rings. The smallest absolute Gasteiger partial charge is 0.250 e. The third-order valence-electron chi connectivity index (χ3n) is 5.93. The Morgan fingerprint density at radius 1 is 1.20 bits per heavy atom. The van der Waals surface area contributed by atoms with Gasteiger partial charge in [-0.05, 0) is 25.8 Å². The summed E-state index contributed by atoms with van der Waals surface area (Å²) in [7, 11) is 0. The number of aryl methyl sites for hydroxylation is 1. The van der Waals surface area contributed by atoms with Gasteiger partial charge in [0, 0.05) is 23.8 Å². The molecule has 0 aromatic heterocycles. The quantitative estimate of drug-likeness (QED) is 0.818. The molecule has 3 heterocycles. The highest BCUT2D eigenvalue weighted by molar-refractivity contribution is 6.15. The Bertz CT molecular complexity index is 790. The fourth-order valence-electron chi connectivity index (χ4n) is 4.73. The third kappa shape index (κ3) is 1.91. The van der Waals surface area contributed by atoms with Crippen LogP contribution in [0.3, 0.4) is 0 Å². The molecule has 0 saturated carbocycles. The molecule has 2 fully saturated rings. The number of hydrogen-bond acceptors (Lipinski definition) is 4. The second-order valence-electron chi connectivity index (χ2n) is 7.38. The number of benzene rings is 1. The summed E-state index contributed by atoms with van der Waals surface area (Å²) in [6.45, 7) is 6.29. The average molecular weight is 341 g/mol. The Kier molecular flexibility index (Phi) is 3.51. The average Bonchev–Trinajstić information content (AvgIpc) is 3.13. The largest absolute Gasteiger partial charge is 0.324 e. The van der Waals surface area contributed by atoms with Gasteiger partial charge in [0.2, 0.25) is 17.7 Å². The van der Waals surface area contributed by atoms with Crippen molar-refractivity contribution in [2.45, 2.75) is 45.2 Å². The van der Waals surface area contributed by atoms with E-state index in [9.17, 15) is 14.4 Å². The van der Waals surface area contributed by atoms with Crippen molar-refractivity contribution in [3.05, 3.63) is 29.3 Å². The highest BCUT2D eigenvalue weighted by Gasteiger charge is 2.69. The van der Waals surface area contributed by atoms with Gasteiger partial charge in [-0.3, -0.25) is 24.6 Å². The number of nitrogens with zero attached hydrogens (tertiary/aromatic N) is 1. The van der Waals surface area contributed by atoms with Gasteiger partial charge in [-0.15, -0.1) is 0 Å². The number of imide groups is 1. The van der Waals surface area contributed by atoms with Gasteiger partial charge in [0.1, 0.15) is 5.54 Å². The molecule has 1 spiro atoms. The minimum absolute atomic E-state index is 0.144. The number of fused-ring (bicyclic) bond motifs is 4. The molecule has 25 heavy (non-hydrogen) atoms. The van der Waals surface area contributed by atoms with E-state index in [4.69, 9.17) is 0 Å². The lowest BCUT2D eigenvalue weighted by Gasteiger charge is -2.29. The summed E-state index contributed by atoms with van der Waals surface area (Å²) >= 11 is 0. The van der Waals surface area contributed by atoms with Crippen LogP contribution in [0, 0.1) is 18.8 Å². The topological polar surface area (TPSA) is 78.5 Å². The Labute approximate surface area is 147 Å². The summed E-state index contributed by atoms with van der Waals surface area (Å²) in [6.07, 6.45) is 1.70. The number of rotatable bonds is 3. The molecule has 0 radical (unpaired) electrons. The minimum atomic E-state index is -1.14. The van der Waals surface area contributed by atoms with Crippen LogP contribution in [0.2, 0.25) is 0 Å². The van der Waals surface area contributed by atoms with E-state index in [2.05, 4.69) is 10.6 Å². The van der Waals surface area contributed by atoms with Crippen LogP contribution in [0.5, 0.6) is 0 Å². The van der Waals surface area contributed by atoms with Crippen molar-refractivity contribution in [2.24, 2.45) is 11.8 Å². The van der Waals surface area contributed by atoms with Crippen LogP contribution < -0.4 is 10.6 Å². The van der Waals surface area contributed by atoms with Crippen LogP contribution in [0.4, 0.5) is 5.69 Å². The first kappa shape index (κ1) is 16.3. The van der Waals surface area contributed by atoms with Crippen molar-refractivity contribution in [1.29, 1.82) is 0 Å². The van der Waals surface area contributed by atoms with Crippen LogP contribution in [-0.4, -0.2) is 35.2 Å². The Balaban J connectivity index is 1.84. The molecule has 3 amide bonds. The van der Waals surface area contributed by atoms with E-state index in [1.165, 1.54) is 4.90 Å². The van der Waals surface area contributed by atoms with Crippen molar-refractivity contribution >= 4 is 23.4 Å². The van der Waals surface area contributed by atoms with Gasteiger partial charge in [-0.2, -0.15) is 0 Å². The number of anilines is 1. The first-order chi connectivity index (χ1) is 11.9. The SMILES string of the molecule is CCCCN1C(=O)[C@@H]2[C@H](C)N[C@@]3(C(=O)Nc4c(C)cccc43)[C@@H]2C1=O. The van der Waals surface area contributed by atoms with Gasteiger partial charge >= 0.3 is 0 Å². The lowest BCUT2D eigenvalue weighted by Crippen LogP contribution is -2.52. The zero-order chi connectivity index (χ0) is 17.9. The zero-order valence-electron chi connectivity index (χ0n) is 14.8. The molecule has 3 aliphatic heterocycles. The summed E-state index contributed by atoms with van der Waals surface area (Å²) in [6, 6.07) is 5.48. The molecule has 6 nitrogen and oxygen atoms in total. The Morgan fingerprint density at radius 2 is 1.96 bits per heavy atom. The molecule has 6 heteroatoms. The number of likely N-dealkylation sites (tertiary alicyclic amines) is 1. The number of carbonyl (C=O) groups excluding carboxylic acids is 3. The molecule has 0 bridgehead atoms. The van der Waals surface area contributed by atoms with Crippen molar-refractivity contribution < 1.29 is 14.4 Å². The predicted molar refractivity (Wildman–Crippen MR) is 92.7 cm³/mol. The minimum Gasteiger partial charge on any atom is -0.324 e. The summed E-state index contributed by atoms with van der Waals surface area (Å²) < 4.78 is 0. The second kappa shape index (κ2) is 5.39. The molecule has 3 aliphatic rings. The molecular formula is C19H23N3O3. The van der Waals surface area contributed by atoms with Gasteiger partial charge in [0.25, 0.3) is 0 Å². The Hall–Kier alpha value is -2.21. The molecular weight excluding hydrogens is 318 g/mol. The summed E-state index contributed by atoms with van der Waals surface area (Å²) in [5, 5.41) is 6.26. The molecule has 4 atom stereocenters. The van der Waals surface area contributed by atoms with E-state index < -0.39 is 17.4 Å². The van der Waals surface area contributed by atoms with Gasteiger partial charge in [-0.1, -0.05) is 31.5 Å². The van der Waals surface area contributed by atoms with Crippen LogP contribution in [0.25, 0.3) is 0 Å². The van der Waals surface area contributed by atoms with Gasteiger partial charge in [-0.25, -0.2) is 0 Å². The summed E-state index contributed by atoms with van der Waals surface area (Å²) in [5.41, 5.74) is 1.37. The molecule has 132 valence electrons. The lowest BCUT2D eigenvalue weighted by molar-refractivity contribution is -0.142. The molecule has 1 aromatic carbocycles. The first-order valence-electron chi connectivity index (χ1n) is 8.98. The molecule has 4 rings (SSSR count). The molecule has 0 unspecified atom stereocenters. The fraction of sp³-hybridized carbons (Fsp3) is 0.526. The Morgan fingerprint density at radius 3 is 2.68 bits per heavy atom. The zero-order valence-corrected chi connectivity index (χ0v) is 14.8. The van der Waals surface area contributed by atoms with Crippen molar-refractivity contribution in [2.75, 3.05) is 11.9 Å². The highest BCUT2D eigenvalue weighted by Crippen LogP contribution is 2.53. The van der Waals surface area contributed by atoms with E-state index in [0.29, 0.717) is 6.54 Å². The monoisotopic (exact) mass is 341 g/mol.